The number of nitrogens with one attached hydrogen (secondary N) is 1. The molecule has 1 N–H and O–H groups in total. The molecule has 5 heteroatoms. The molecule has 1 heterocycles. The lowest BCUT2D eigenvalue weighted by Crippen LogP contribution is -2.36. The number of hydrogen-bond acceptors (Lipinski definition) is 3. The van der Waals surface area contributed by atoms with Crippen LogP contribution < -0.4 is 5.32 Å². The lowest BCUT2D eigenvalue weighted by Gasteiger charge is -2.20. The van der Waals surface area contributed by atoms with Gasteiger partial charge in [0.25, 0.3) is 0 Å². The van der Waals surface area contributed by atoms with Crippen molar-refractivity contribution in [2.24, 2.45) is 0 Å². The van der Waals surface area contributed by atoms with Gasteiger partial charge in [-0.25, -0.2) is 9.37 Å². The first kappa shape index (κ1) is 15.2. The maximum atomic E-state index is 13.3. The van der Waals surface area contributed by atoms with E-state index in [1.54, 1.807) is 18.3 Å². The zero-order valence-corrected chi connectivity index (χ0v) is 12.5. The van der Waals surface area contributed by atoms with Crippen molar-refractivity contribution in [3.05, 3.63) is 53.4 Å². The lowest BCUT2D eigenvalue weighted by atomic mass is 10.1. The summed E-state index contributed by atoms with van der Waals surface area (Å²) >= 11 is 0. The number of rotatable bonds is 4. The standard InChI is InChI=1S/C16H19FN4/c1-16(2,3)20-10-15-19-6-7-21(15)11-12-4-5-14(17)13(8-12)9-18/h4-8,20H,10-11H2,1-3H3. The Morgan fingerprint density at radius 3 is 2.81 bits per heavy atom. The maximum Gasteiger partial charge on any atom is 0.140 e. The summed E-state index contributed by atoms with van der Waals surface area (Å²) in [6.07, 6.45) is 3.63. The monoisotopic (exact) mass is 286 g/mol. The largest absolute Gasteiger partial charge is 0.329 e. The first-order valence-electron chi connectivity index (χ1n) is 6.82. The molecule has 0 amide bonds. The first-order valence-corrected chi connectivity index (χ1v) is 6.82. The van der Waals surface area contributed by atoms with Crippen LogP contribution in [0.5, 0.6) is 0 Å². The second-order valence-electron chi connectivity index (χ2n) is 6.00. The first-order chi connectivity index (χ1) is 9.89. The van der Waals surface area contributed by atoms with Crippen LogP contribution in [0, 0.1) is 17.1 Å². The number of aromatic nitrogens is 2. The quantitative estimate of drug-likeness (QED) is 0.940. The van der Waals surface area contributed by atoms with E-state index in [1.807, 2.05) is 16.8 Å². The molecule has 0 unspecified atom stereocenters. The van der Waals surface area contributed by atoms with Crippen LogP contribution in [0.4, 0.5) is 4.39 Å². The molecule has 0 fully saturated rings. The minimum Gasteiger partial charge on any atom is -0.329 e. The molecule has 0 radical (unpaired) electrons. The minimum atomic E-state index is -0.485. The summed E-state index contributed by atoms with van der Waals surface area (Å²) in [4.78, 5) is 4.34. The third-order valence-corrected chi connectivity index (χ3v) is 3.08. The van der Waals surface area contributed by atoms with Gasteiger partial charge in [-0.2, -0.15) is 5.26 Å². The van der Waals surface area contributed by atoms with E-state index in [0.29, 0.717) is 13.1 Å². The average Bonchev–Trinajstić information content (AvgIpc) is 2.85. The van der Waals surface area contributed by atoms with Gasteiger partial charge in [0.15, 0.2) is 0 Å². The van der Waals surface area contributed by atoms with Gasteiger partial charge in [0.1, 0.15) is 17.7 Å². The van der Waals surface area contributed by atoms with Gasteiger partial charge in [0.2, 0.25) is 0 Å². The van der Waals surface area contributed by atoms with E-state index in [9.17, 15) is 4.39 Å². The Morgan fingerprint density at radius 1 is 1.38 bits per heavy atom. The van der Waals surface area contributed by atoms with Crippen LogP contribution in [0.1, 0.15) is 37.7 Å². The molecule has 0 atom stereocenters. The van der Waals surface area contributed by atoms with Crippen LogP contribution in [0.15, 0.2) is 30.6 Å². The van der Waals surface area contributed by atoms with E-state index in [4.69, 9.17) is 5.26 Å². The molecule has 1 aromatic carbocycles. The van der Waals surface area contributed by atoms with Crippen LogP contribution in [0.2, 0.25) is 0 Å². The normalized spacial score (nSPS) is 11.4. The molecule has 0 spiro atoms. The van der Waals surface area contributed by atoms with Gasteiger partial charge in [-0.05, 0) is 38.5 Å². The second-order valence-corrected chi connectivity index (χ2v) is 6.00. The van der Waals surface area contributed by atoms with Crippen molar-refractivity contribution >= 4 is 0 Å². The Balaban J connectivity index is 2.14. The van der Waals surface area contributed by atoms with Crippen molar-refractivity contribution in [1.82, 2.24) is 14.9 Å². The molecule has 110 valence electrons. The number of nitrogens with zero attached hydrogens (tertiary/aromatic N) is 3. The molecule has 0 aliphatic heterocycles. The Hall–Kier alpha value is -2.19. The molecule has 0 bridgehead atoms. The van der Waals surface area contributed by atoms with E-state index in [1.165, 1.54) is 6.07 Å². The van der Waals surface area contributed by atoms with Crippen LogP contribution >= 0.6 is 0 Å². The van der Waals surface area contributed by atoms with Gasteiger partial charge in [0.05, 0.1) is 12.1 Å². The third kappa shape index (κ3) is 4.14. The Kier molecular flexibility index (Phi) is 4.39. The van der Waals surface area contributed by atoms with Crippen LogP contribution in [0.3, 0.4) is 0 Å². The van der Waals surface area contributed by atoms with E-state index >= 15 is 0 Å². The Labute approximate surface area is 124 Å². The SMILES string of the molecule is CC(C)(C)NCc1nccn1Cc1ccc(F)c(C#N)c1. The number of nitriles is 1. The highest BCUT2D eigenvalue weighted by Gasteiger charge is 2.11. The maximum absolute atomic E-state index is 13.3. The van der Waals surface area contributed by atoms with Crippen LogP contribution in [-0.4, -0.2) is 15.1 Å². The summed E-state index contributed by atoms with van der Waals surface area (Å²) in [5.41, 5.74) is 0.964. The predicted molar refractivity (Wildman–Crippen MR) is 79.0 cm³/mol. The summed E-state index contributed by atoms with van der Waals surface area (Å²) in [5.74, 6) is 0.425. The van der Waals surface area contributed by atoms with Gasteiger partial charge in [-0.3, -0.25) is 0 Å². The summed E-state index contributed by atoms with van der Waals surface area (Å²) in [6.45, 7) is 7.51. The molecule has 4 nitrogen and oxygen atoms in total. The molecule has 1 aromatic heterocycles. The van der Waals surface area contributed by atoms with Crippen molar-refractivity contribution in [2.45, 2.75) is 39.4 Å². The van der Waals surface area contributed by atoms with E-state index in [2.05, 4.69) is 31.1 Å². The van der Waals surface area contributed by atoms with Gasteiger partial charge in [-0.15, -0.1) is 0 Å². The summed E-state index contributed by atoms with van der Waals surface area (Å²) in [6, 6.07) is 6.47. The van der Waals surface area contributed by atoms with Crippen molar-refractivity contribution in [2.75, 3.05) is 0 Å². The molecule has 21 heavy (non-hydrogen) atoms. The fourth-order valence-corrected chi connectivity index (χ4v) is 1.95. The lowest BCUT2D eigenvalue weighted by molar-refractivity contribution is 0.413. The molecule has 0 aliphatic carbocycles. The van der Waals surface area contributed by atoms with Gasteiger partial charge < -0.3 is 9.88 Å². The fourth-order valence-electron chi connectivity index (χ4n) is 1.95. The molecular formula is C16H19FN4. The number of benzene rings is 1. The van der Waals surface area contributed by atoms with Gasteiger partial charge in [0, 0.05) is 24.5 Å². The average molecular weight is 286 g/mol. The molecule has 2 rings (SSSR count). The van der Waals surface area contributed by atoms with Crippen molar-refractivity contribution in [3.8, 4) is 6.07 Å². The highest BCUT2D eigenvalue weighted by atomic mass is 19.1. The Bertz CT molecular complexity index is 662. The number of hydrogen-bond donors (Lipinski definition) is 1. The minimum absolute atomic E-state index is 0.0145. The number of halogens is 1. The molecule has 0 saturated carbocycles. The van der Waals surface area contributed by atoms with E-state index in [0.717, 1.165) is 11.4 Å². The molecule has 0 saturated heterocycles. The molecule has 2 aromatic rings. The van der Waals surface area contributed by atoms with Crippen LogP contribution in [0.25, 0.3) is 0 Å². The Morgan fingerprint density at radius 2 is 2.14 bits per heavy atom. The smallest absolute Gasteiger partial charge is 0.140 e. The number of imidazole rings is 1. The van der Waals surface area contributed by atoms with Crippen molar-refractivity contribution < 1.29 is 4.39 Å². The second kappa shape index (κ2) is 6.06. The van der Waals surface area contributed by atoms with Gasteiger partial charge >= 0.3 is 0 Å². The zero-order valence-electron chi connectivity index (χ0n) is 12.5. The highest BCUT2D eigenvalue weighted by molar-refractivity contribution is 5.34. The molecule has 0 aliphatic rings. The fraction of sp³-hybridized carbons (Fsp3) is 0.375. The van der Waals surface area contributed by atoms with Crippen molar-refractivity contribution in [3.63, 3.8) is 0 Å². The molecular weight excluding hydrogens is 267 g/mol. The van der Waals surface area contributed by atoms with E-state index in [-0.39, 0.29) is 11.1 Å². The predicted octanol–water partition coefficient (Wildman–Crippen LogP) is 2.83. The van der Waals surface area contributed by atoms with E-state index < -0.39 is 5.82 Å². The summed E-state index contributed by atoms with van der Waals surface area (Å²) in [5, 5.41) is 12.3. The summed E-state index contributed by atoms with van der Waals surface area (Å²) < 4.78 is 15.3. The van der Waals surface area contributed by atoms with Gasteiger partial charge in [-0.1, -0.05) is 6.07 Å². The highest BCUT2D eigenvalue weighted by Crippen LogP contribution is 2.12. The summed E-state index contributed by atoms with van der Waals surface area (Å²) in [7, 11) is 0. The topological polar surface area (TPSA) is 53.6 Å². The van der Waals surface area contributed by atoms with Crippen molar-refractivity contribution in [1.29, 1.82) is 5.26 Å². The van der Waals surface area contributed by atoms with Crippen LogP contribution in [-0.2, 0) is 13.1 Å². The third-order valence-electron chi connectivity index (χ3n) is 3.08. The zero-order chi connectivity index (χ0) is 15.5.